The van der Waals surface area contributed by atoms with Gasteiger partial charge in [-0.25, -0.2) is 9.97 Å². The molecule has 0 N–H and O–H groups in total. The lowest BCUT2D eigenvalue weighted by Crippen LogP contribution is -2.28. The molecule has 0 bridgehead atoms. The Morgan fingerprint density at radius 3 is 1.73 bits per heavy atom. The summed E-state index contributed by atoms with van der Waals surface area (Å²) in [6.07, 6.45) is 1.95. The molecular weight excluding hydrogens is 284 g/mol. The maximum Gasteiger partial charge on any atom is 0.559 e. The van der Waals surface area contributed by atoms with Crippen LogP contribution in [0.25, 0.3) is 22.1 Å². The Morgan fingerprint density at radius 1 is 0.773 bits per heavy atom. The van der Waals surface area contributed by atoms with Crippen LogP contribution in [0.1, 0.15) is 0 Å². The van der Waals surface area contributed by atoms with E-state index in [1.165, 1.54) is 22.1 Å². The molecule has 2 aromatic carbocycles. The third kappa shape index (κ3) is 2.05. The molecule has 0 saturated heterocycles. The molecule has 2 heterocycles. The van der Waals surface area contributed by atoms with Crippen LogP contribution in [-0.2, 0) is 0 Å². The topological polar surface area (TPSA) is 71.2 Å². The van der Waals surface area contributed by atoms with E-state index >= 15 is 0 Å². The lowest BCUT2D eigenvalue weighted by Gasteiger charge is -2.06. The monoisotopic (exact) mass is 294 g/mol. The zero-order valence-electron chi connectivity index (χ0n) is 11.3. The fourth-order valence-electron chi connectivity index (χ4n) is 2.20. The first kappa shape index (κ1) is 12.4. The van der Waals surface area contributed by atoms with Crippen LogP contribution < -0.4 is 9.68 Å². The fraction of sp³-hybridized carbons (Fsp3) is 0. The van der Waals surface area contributed by atoms with E-state index < -0.39 is 6.16 Å². The first-order chi connectivity index (χ1) is 10.8. The number of carbonyl (C=O) groups excluding carboxylic acids is 1. The van der Waals surface area contributed by atoms with Gasteiger partial charge in [-0.05, 0) is 24.3 Å². The highest BCUT2D eigenvalue weighted by molar-refractivity contribution is 5.76. The van der Waals surface area contributed by atoms with Crippen LogP contribution in [0.4, 0.5) is 4.79 Å². The molecule has 0 atom stereocenters. The number of rotatable bonds is 2. The van der Waals surface area contributed by atoms with Gasteiger partial charge in [0.25, 0.3) is 0 Å². The molecule has 7 nitrogen and oxygen atoms in total. The van der Waals surface area contributed by atoms with E-state index in [0.717, 1.165) is 11.0 Å². The van der Waals surface area contributed by atoms with Crippen molar-refractivity contribution < 1.29 is 14.5 Å². The number of nitrogens with zero attached hydrogens (tertiary/aromatic N) is 4. The number of fused-ring (bicyclic) bond motifs is 2. The zero-order valence-corrected chi connectivity index (χ0v) is 11.3. The van der Waals surface area contributed by atoms with Crippen molar-refractivity contribution in [2.24, 2.45) is 0 Å². The third-order valence-electron chi connectivity index (χ3n) is 3.19. The number of benzene rings is 2. The smallest absolute Gasteiger partial charge is 0.298 e. The van der Waals surface area contributed by atoms with E-state index in [4.69, 9.17) is 9.68 Å². The first-order valence-electron chi connectivity index (χ1n) is 6.56. The van der Waals surface area contributed by atoms with Crippen LogP contribution in [0, 0.1) is 0 Å². The van der Waals surface area contributed by atoms with Gasteiger partial charge in [-0.2, -0.15) is 14.3 Å². The molecule has 0 aliphatic rings. The second kappa shape index (κ2) is 4.88. The summed E-state index contributed by atoms with van der Waals surface area (Å²) in [7, 11) is 0. The highest BCUT2D eigenvalue weighted by Crippen LogP contribution is 2.11. The standard InChI is InChI=1S/C15H10N4O3/c20-15(21-18-9-16-11-5-1-3-7-13(11)18)22-19-10-17-12-6-2-4-8-14(12)19/h1-10H. The number of hydrogen-bond acceptors (Lipinski definition) is 5. The van der Waals surface area contributed by atoms with Crippen molar-refractivity contribution >= 4 is 28.2 Å². The van der Waals surface area contributed by atoms with Gasteiger partial charge in [-0.1, -0.05) is 24.3 Å². The fourth-order valence-corrected chi connectivity index (χ4v) is 2.20. The van der Waals surface area contributed by atoms with Crippen molar-refractivity contribution in [3.63, 3.8) is 0 Å². The molecule has 2 aromatic heterocycles. The lowest BCUT2D eigenvalue weighted by atomic mass is 10.3. The summed E-state index contributed by atoms with van der Waals surface area (Å²) < 4.78 is 2.52. The highest BCUT2D eigenvalue weighted by Gasteiger charge is 2.12. The lowest BCUT2D eigenvalue weighted by molar-refractivity contribution is 0.0471. The van der Waals surface area contributed by atoms with Crippen molar-refractivity contribution in [1.29, 1.82) is 0 Å². The second-order valence-electron chi connectivity index (χ2n) is 4.55. The molecule has 0 amide bonds. The Hall–Kier alpha value is -3.35. The van der Waals surface area contributed by atoms with Gasteiger partial charge in [0.05, 0.1) is 11.0 Å². The van der Waals surface area contributed by atoms with Gasteiger partial charge < -0.3 is 0 Å². The molecule has 0 aliphatic heterocycles. The van der Waals surface area contributed by atoms with Crippen molar-refractivity contribution in [3.8, 4) is 0 Å². The molecule has 0 saturated carbocycles. The predicted octanol–water partition coefficient (Wildman–Crippen LogP) is 2.06. The van der Waals surface area contributed by atoms with Gasteiger partial charge >= 0.3 is 6.16 Å². The van der Waals surface area contributed by atoms with Gasteiger partial charge in [0.15, 0.2) is 0 Å². The van der Waals surface area contributed by atoms with Gasteiger partial charge in [0.1, 0.15) is 23.7 Å². The maximum absolute atomic E-state index is 11.9. The summed E-state index contributed by atoms with van der Waals surface area (Å²) in [6, 6.07) is 14.6. The summed E-state index contributed by atoms with van der Waals surface area (Å²) in [5, 5.41) is 0. The minimum absolute atomic E-state index is 0.676. The largest absolute Gasteiger partial charge is 0.559 e. The van der Waals surface area contributed by atoms with E-state index in [1.807, 2.05) is 36.4 Å². The third-order valence-corrected chi connectivity index (χ3v) is 3.19. The van der Waals surface area contributed by atoms with Crippen LogP contribution in [0.3, 0.4) is 0 Å². The average Bonchev–Trinajstić information content (AvgIpc) is 3.13. The highest BCUT2D eigenvalue weighted by atomic mass is 16.9. The number of aromatic nitrogens is 4. The van der Waals surface area contributed by atoms with Crippen molar-refractivity contribution in [2.45, 2.75) is 0 Å². The summed E-state index contributed by atoms with van der Waals surface area (Å²) in [6.45, 7) is 0. The van der Waals surface area contributed by atoms with E-state index in [2.05, 4.69) is 9.97 Å². The minimum Gasteiger partial charge on any atom is -0.298 e. The molecule has 108 valence electrons. The Kier molecular flexibility index (Phi) is 2.75. The predicted molar refractivity (Wildman–Crippen MR) is 78.0 cm³/mol. The van der Waals surface area contributed by atoms with Gasteiger partial charge in [0.2, 0.25) is 0 Å². The molecule has 0 radical (unpaired) electrons. The number of carbonyl (C=O) groups is 1. The Labute approximate surface area is 124 Å². The quantitative estimate of drug-likeness (QED) is 0.566. The maximum atomic E-state index is 11.9. The Bertz CT molecular complexity index is 895. The molecule has 0 fully saturated rings. The zero-order chi connectivity index (χ0) is 14.9. The van der Waals surface area contributed by atoms with Gasteiger partial charge in [-0.3, -0.25) is 9.68 Å². The summed E-state index contributed by atoms with van der Waals surface area (Å²) in [5.74, 6) is 0. The van der Waals surface area contributed by atoms with Crippen molar-refractivity contribution in [3.05, 3.63) is 61.2 Å². The summed E-state index contributed by atoms with van der Waals surface area (Å²) >= 11 is 0. The SMILES string of the molecule is O=C(On1cnc2ccccc21)On1cnc2ccccc21. The van der Waals surface area contributed by atoms with E-state index in [9.17, 15) is 4.79 Å². The number of imidazole rings is 2. The number of hydrogen-bond donors (Lipinski definition) is 0. The van der Waals surface area contributed by atoms with Crippen molar-refractivity contribution in [2.75, 3.05) is 0 Å². The van der Waals surface area contributed by atoms with Crippen LogP contribution in [0.5, 0.6) is 0 Å². The molecule has 4 aromatic rings. The molecule has 0 aliphatic carbocycles. The molecular formula is C15H10N4O3. The Morgan fingerprint density at radius 2 is 1.23 bits per heavy atom. The summed E-state index contributed by atoms with van der Waals surface area (Å²) in [5.41, 5.74) is 2.80. The van der Waals surface area contributed by atoms with Gasteiger partial charge in [0, 0.05) is 0 Å². The Balaban J connectivity index is 1.58. The van der Waals surface area contributed by atoms with Crippen LogP contribution in [-0.4, -0.2) is 25.6 Å². The van der Waals surface area contributed by atoms with E-state index in [1.54, 1.807) is 12.1 Å². The van der Waals surface area contributed by atoms with Crippen molar-refractivity contribution in [1.82, 2.24) is 19.4 Å². The molecule has 4 rings (SSSR count). The second-order valence-corrected chi connectivity index (χ2v) is 4.55. The minimum atomic E-state index is -0.883. The van der Waals surface area contributed by atoms with Crippen LogP contribution >= 0.6 is 0 Å². The summed E-state index contributed by atoms with van der Waals surface area (Å²) in [4.78, 5) is 30.5. The van der Waals surface area contributed by atoms with Gasteiger partial charge in [-0.15, -0.1) is 0 Å². The molecule has 7 heteroatoms. The molecule has 0 spiro atoms. The first-order valence-corrected chi connectivity index (χ1v) is 6.56. The van der Waals surface area contributed by atoms with Crippen LogP contribution in [0.2, 0.25) is 0 Å². The van der Waals surface area contributed by atoms with Crippen LogP contribution in [0.15, 0.2) is 61.2 Å². The number of para-hydroxylation sites is 4. The molecule has 22 heavy (non-hydrogen) atoms. The van der Waals surface area contributed by atoms with E-state index in [0.29, 0.717) is 11.0 Å². The average molecular weight is 294 g/mol. The van der Waals surface area contributed by atoms with E-state index in [-0.39, 0.29) is 0 Å². The normalized spacial score (nSPS) is 10.9. The molecule has 0 unspecified atom stereocenters.